The third-order valence-corrected chi connectivity index (χ3v) is 8.13. The van der Waals surface area contributed by atoms with Crippen LogP contribution in [0.5, 0.6) is 0 Å². The van der Waals surface area contributed by atoms with Crippen molar-refractivity contribution in [2.45, 2.75) is 38.1 Å². The van der Waals surface area contributed by atoms with Crippen molar-refractivity contribution in [2.24, 2.45) is 11.8 Å². The van der Waals surface area contributed by atoms with E-state index in [4.69, 9.17) is 0 Å². The quantitative estimate of drug-likeness (QED) is 0.908. The number of nitrogens with one attached hydrogen (secondary N) is 1. The van der Waals surface area contributed by atoms with E-state index >= 15 is 0 Å². The first-order valence-electron chi connectivity index (χ1n) is 7.05. The van der Waals surface area contributed by atoms with E-state index in [9.17, 15) is 8.42 Å². The molecule has 0 amide bonds. The summed E-state index contributed by atoms with van der Waals surface area (Å²) in [6.07, 6.45) is 0. The second-order valence-corrected chi connectivity index (χ2v) is 9.78. The van der Waals surface area contributed by atoms with Crippen LogP contribution in [0.1, 0.15) is 23.6 Å². The maximum absolute atomic E-state index is 13.0. The minimum absolute atomic E-state index is 0.310. The molecular weight excluding hydrogens is 292 g/mol. The molecule has 1 aromatic rings. The van der Waals surface area contributed by atoms with Gasteiger partial charge in [0.15, 0.2) is 0 Å². The SMILES string of the molecule is Cc1cc(S(=O)(=O)N2CC3CNCC3C2(C)C)c(C)s1. The van der Waals surface area contributed by atoms with Crippen molar-refractivity contribution in [2.75, 3.05) is 19.6 Å². The number of fused-ring (bicyclic) bond motifs is 1. The third kappa shape index (κ3) is 1.96. The average Bonchev–Trinajstić information content (AvgIpc) is 2.96. The van der Waals surface area contributed by atoms with Crippen LogP contribution in [0.25, 0.3) is 0 Å². The van der Waals surface area contributed by atoms with Crippen LogP contribution in [-0.4, -0.2) is 37.9 Å². The summed E-state index contributed by atoms with van der Waals surface area (Å²) in [5, 5.41) is 3.39. The zero-order chi connectivity index (χ0) is 14.7. The highest BCUT2D eigenvalue weighted by Gasteiger charge is 2.54. The first kappa shape index (κ1) is 14.5. The Kier molecular flexibility index (Phi) is 3.29. The van der Waals surface area contributed by atoms with E-state index < -0.39 is 10.0 Å². The molecule has 1 N–H and O–H groups in total. The minimum atomic E-state index is -3.38. The van der Waals surface area contributed by atoms with E-state index in [0.29, 0.717) is 23.3 Å². The monoisotopic (exact) mass is 314 g/mol. The Bertz CT molecular complexity index is 634. The van der Waals surface area contributed by atoms with E-state index in [1.54, 1.807) is 15.6 Å². The van der Waals surface area contributed by atoms with Gasteiger partial charge in [0.05, 0.1) is 4.90 Å². The van der Waals surface area contributed by atoms with Crippen molar-refractivity contribution < 1.29 is 8.42 Å². The van der Waals surface area contributed by atoms with Crippen molar-refractivity contribution in [1.29, 1.82) is 0 Å². The number of thiophene rings is 1. The van der Waals surface area contributed by atoms with Gasteiger partial charge in [-0.05, 0) is 52.1 Å². The summed E-state index contributed by atoms with van der Waals surface area (Å²) in [5.41, 5.74) is -0.310. The van der Waals surface area contributed by atoms with Crippen LogP contribution >= 0.6 is 11.3 Å². The smallest absolute Gasteiger partial charge is 0.244 e. The second kappa shape index (κ2) is 4.53. The number of nitrogens with zero attached hydrogens (tertiary/aromatic N) is 1. The maximum atomic E-state index is 13.0. The molecule has 20 heavy (non-hydrogen) atoms. The van der Waals surface area contributed by atoms with Gasteiger partial charge >= 0.3 is 0 Å². The molecule has 2 unspecified atom stereocenters. The highest BCUT2D eigenvalue weighted by atomic mass is 32.2. The number of aryl methyl sites for hydroxylation is 2. The Morgan fingerprint density at radius 3 is 2.60 bits per heavy atom. The summed E-state index contributed by atoms with van der Waals surface area (Å²) in [5.74, 6) is 0.858. The van der Waals surface area contributed by atoms with E-state index in [1.807, 2.05) is 19.9 Å². The van der Waals surface area contributed by atoms with E-state index in [2.05, 4.69) is 19.2 Å². The van der Waals surface area contributed by atoms with Crippen molar-refractivity contribution >= 4 is 21.4 Å². The van der Waals surface area contributed by atoms with Gasteiger partial charge in [-0.15, -0.1) is 11.3 Å². The number of sulfonamides is 1. The predicted molar refractivity (Wildman–Crippen MR) is 81.6 cm³/mol. The lowest BCUT2D eigenvalue weighted by Gasteiger charge is -2.34. The van der Waals surface area contributed by atoms with Crippen LogP contribution in [0.15, 0.2) is 11.0 Å². The van der Waals surface area contributed by atoms with Crippen LogP contribution in [0.4, 0.5) is 0 Å². The second-order valence-electron chi connectivity index (χ2n) is 6.49. The molecule has 2 fully saturated rings. The molecule has 4 nitrogen and oxygen atoms in total. The van der Waals surface area contributed by atoms with Crippen molar-refractivity contribution in [1.82, 2.24) is 9.62 Å². The molecule has 1 aromatic heterocycles. The standard InChI is InChI=1S/C14H22N2O2S2/c1-9-5-13(10(2)19-9)20(17,18)16-8-11-6-15-7-12(11)14(16,3)4/h5,11-12,15H,6-8H2,1-4H3. The summed E-state index contributed by atoms with van der Waals surface area (Å²) in [4.78, 5) is 2.45. The molecule has 0 bridgehead atoms. The predicted octanol–water partition coefficient (Wildman–Crippen LogP) is 1.98. The molecule has 2 aliphatic heterocycles. The molecule has 2 aliphatic rings. The van der Waals surface area contributed by atoms with Crippen molar-refractivity contribution in [3.05, 3.63) is 15.8 Å². The molecule has 6 heteroatoms. The van der Waals surface area contributed by atoms with Crippen molar-refractivity contribution in [3.8, 4) is 0 Å². The Hall–Kier alpha value is -0.430. The Morgan fingerprint density at radius 2 is 2.05 bits per heavy atom. The van der Waals surface area contributed by atoms with Gasteiger partial charge in [0.1, 0.15) is 0 Å². The van der Waals surface area contributed by atoms with Gasteiger partial charge in [-0.3, -0.25) is 0 Å². The Labute approximate surface area is 125 Å². The molecule has 2 saturated heterocycles. The van der Waals surface area contributed by atoms with Crippen molar-refractivity contribution in [3.63, 3.8) is 0 Å². The van der Waals surface area contributed by atoms with Crippen LogP contribution in [0, 0.1) is 25.7 Å². The molecule has 3 heterocycles. The van der Waals surface area contributed by atoms with Gasteiger partial charge in [0.25, 0.3) is 0 Å². The zero-order valence-corrected chi connectivity index (χ0v) is 14.1. The summed E-state index contributed by atoms with van der Waals surface area (Å²) in [7, 11) is -3.38. The number of hydrogen-bond donors (Lipinski definition) is 1. The lowest BCUT2D eigenvalue weighted by molar-refractivity contribution is 0.233. The molecule has 0 saturated carbocycles. The maximum Gasteiger partial charge on any atom is 0.244 e. The average molecular weight is 314 g/mol. The summed E-state index contributed by atoms with van der Waals surface area (Å²) in [6, 6.07) is 1.82. The molecule has 0 radical (unpaired) electrons. The fourth-order valence-corrected chi connectivity index (χ4v) is 7.18. The minimum Gasteiger partial charge on any atom is -0.316 e. The van der Waals surface area contributed by atoms with Crippen LogP contribution in [0.3, 0.4) is 0 Å². The Balaban J connectivity index is 2.02. The van der Waals surface area contributed by atoms with Gasteiger partial charge in [-0.25, -0.2) is 8.42 Å². The molecule has 2 atom stereocenters. The third-order valence-electron chi connectivity index (χ3n) is 4.85. The van der Waals surface area contributed by atoms with Gasteiger partial charge in [0.2, 0.25) is 10.0 Å². The highest BCUT2D eigenvalue weighted by molar-refractivity contribution is 7.89. The zero-order valence-electron chi connectivity index (χ0n) is 12.4. The molecule has 112 valence electrons. The highest BCUT2D eigenvalue weighted by Crippen LogP contribution is 2.44. The lowest BCUT2D eigenvalue weighted by atomic mass is 9.85. The normalized spacial score (nSPS) is 29.8. The topological polar surface area (TPSA) is 49.4 Å². The van der Waals surface area contributed by atoms with E-state index in [1.165, 1.54) is 0 Å². The van der Waals surface area contributed by atoms with E-state index in [0.717, 1.165) is 22.8 Å². The fraction of sp³-hybridized carbons (Fsp3) is 0.714. The Morgan fingerprint density at radius 1 is 1.35 bits per heavy atom. The first-order chi connectivity index (χ1) is 9.24. The van der Waals surface area contributed by atoms with Gasteiger partial charge < -0.3 is 5.32 Å². The van der Waals surface area contributed by atoms with Crippen LogP contribution < -0.4 is 5.32 Å². The summed E-state index contributed by atoms with van der Waals surface area (Å²) < 4.78 is 27.8. The molecule has 0 aliphatic carbocycles. The van der Waals surface area contributed by atoms with Gasteiger partial charge in [-0.1, -0.05) is 0 Å². The van der Waals surface area contributed by atoms with Crippen LogP contribution in [-0.2, 0) is 10.0 Å². The van der Waals surface area contributed by atoms with Crippen LogP contribution in [0.2, 0.25) is 0 Å². The molecule has 3 rings (SSSR count). The molecular formula is C14H22N2O2S2. The van der Waals surface area contributed by atoms with Gasteiger partial charge in [-0.2, -0.15) is 4.31 Å². The fourth-order valence-electron chi connectivity index (χ4n) is 3.77. The molecule has 0 aromatic carbocycles. The number of hydrogen-bond acceptors (Lipinski definition) is 4. The van der Waals surface area contributed by atoms with E-state index in [-0.39, 0.29) is 5.54 Å². The summed E-state index contributed by atoms with van der Waals surface area (Å²) >= 11 is 1.56. The first-order valence-corrected chi connectivity index (χ1v) is 9.31. The lowest BCUT2D eigenvalue weighted by Crippen LogP contribution is -2.47. The largest absolute Gasteiger partial charge is 0.316 e. The molecule has 0 spiro atoms. The van der Waals surface area contributed by atoms with Gasteiger partial charge in [0, 0.05) is 28.4 Å². The number of rotatable bonds is 2. The summed E-state index contributed by atoms with van der Waals surface area (Å²) in [6.45, 7) is 10.5.